The number of anilines is 2. The van der Waals surface area contributed by atoms with Gasteiger partial charge in [0.05, 0.1) is 37.3 Å². The van der Waals surface area contributed by atoms with E-state index in [9.17, 15) is 4.79 Å². The molecule has 18 heavy (non-hydrogen) atoms. The lowest BCUT2D eigenvalue weighted by Crippen LogP contribution is -2.16. The van der Waals surface area contributed by atoms with E-state index in [1.54, 1.807) is 0 Å². The second-order valence-corrected chi connectivity index (χ2v) is 3.99. The molecule has 0 radical (unpaired) electrons. The zero-order chi connectivity index (χ0) is 13.5. The Kier molecular flexibility index (Phi) is 5.38. The Balaban J connectivity index is 2.66. The molecule has 0 unspecified atom stereocenters. The molecule has 3 N–H and O–H groups in total. The van der Waals surface area contributed by atoms with Crippen LogP contribution in [0.3, 0.4) is 0 Å². The maximum atomic E-state index is 11.6. The van der Waals surface area contributed by atoms with Crippen molar-refractivity contribution in [3.8, 4) is 0 Å². The van der Waals surface area contributed by atoms with Crippen molar-refractivity contribution in [2.24, 2.45) is 0 Å². The van der Waals surface area contributed by atoms with E-state index in [1.165, 1.54) is 19.4 Å². The van der Waals surface area contributed by atoms with Crippen LogP contribution in [0, 0.1) is 0 Å². The lowest BCUT2D eigenvalue weighted by Gasteiger charge is -2.12. The third-order valence-corrected chi connectivity index (χ3v) is 2.20. The molecule has 1 rings (SSSR count). The fraction of sp³-hybridized carbons (Fsp3) is 0.500. The number of ether oxygens (including phenoxy) is 2. The smallest absolute Gasteiger partial charge is 0.340 e. The highest BCUT2D eigenvalue weighted by Crippen LogP contribution is 2.17. The number of carbonyl (C=O) groups is 1. The van der Waals surface area contributed by atoms with Crippen LogP contribution >= 0.6 is 0 Å². The molecular weight excluding hydrogens is 234 g/mol. The first-order valence-electron chi connectivity index (χ1n) is 5.74. The zero-order valence-corrected chi connectivity index (χ0v) is 10.9. The Labute approximate surface area is 106 Å². The Hall–Kier alpha value is -1.82. The molecule has 0 fully saturated rings. The number of nitrogens with two attached hydrogens (primary N) is 1. The van der Waals surface area contributed by atoms with Crippen LogP contribution in [0.1, 0.15) is 24.2 Å². The van der Waals surface area contributed by atoms with Gasteiger partial charge in [-0.25, -0.2) is 9.78 Å². The highest BCUT2D eigenvalue weighted by atomic mass is 16.5. The van der Waals surface area contributed by atoms with Gasteiger partial charge in [-0.1, -0.05) is 0 Å². The normalized spacial score (nSPS) is 10.4. The van der Waals surface area contributed by atoms with Gasteiger partial charge in [-0.05, 0) is 19.9 Å². The van der Waals surface area contributed by atoms with Gasteiger partial charge in [0.25, 0.3) is 0 Å². The number of rotatable bonds is 6. The van der Waals surface area contributed by atoms with Crippen molar-refractivity contribution in [3.63, 3.8) is 0 Å². The molecule has 6 nitrogen and oxygen atoms in total. The summed E-state index contributed by atoms with van der Waals surface area (Å²) in [6, 6.07) is 1.48. The van der Waals surface area contributed by atoms with Crippen molar-refractivity contribution in [2.75, 3.05) is 31.3 Å². The SMILES string of the molecule is COC(=O)c1cc(N)ncc1NCCOC(C)C. The Morgan fingerprint density at radius 3 is 2.89 bits per heavy atom. The standard InChI is InChI=1S/C12H19N3O3/c1-8(2)18-5-4-14-10-7-15-11(13)6-9(10)12(16)17-3/h6-8,14H,4-5H2,1-3H3,(H2,13,15). The van der Waals surface area contributed by atoms with Gasteiger partial charge in [-0.15, -0.1) is 0 Å². The number of nitrogens with zero attached hydrogens (tertiary/aromatic N) is 1. The number of nitrogen functional groups attached to an aromatic ring is 1. The van der Waals surface area contributed by atoms with Crippen molar-refractivity contribution >= 4 is 17.5 Å². The van der Waals surface area contributed by atoms with Crippen LogP contribution in [-0.4, -0.2) is 37.3 Å². The third-order valence-electron chi connectivity index (χ3n) is 2.20. The zero-order valence-electron chi connectivity index (χ0n) is 10.9. The Bertz CT molecular complexity index is 408. The average Bonchev–Trinajstić information content (AvgIpc) is 2.34. The van der Waals surface area contributed by atoms with E-state index in [0.29, 0.717) is 24.4 Å². The summed E-state index contributed by atoms with van der Waals surface area (Å²) >= 11 is 0. The molecule has 1 heterocycles. The van der Waals surface area contributed by atoms with Crippen molar-refractivity contribution < 1.29 is 14.3 Å². The van der Waals surface area contributed by atoms with Crippen LogP contribution in [0.15, 0.2) is 12.3 Å². The predicted octanol–water partition coefficient (Wildman–Crippen LogP) is 1.29. The third kappa shape index (κ3) is 4.21. The predicted molar refractivity (Wildman–Crippen MR) is 69.6 cm³/mol. The molecule has 1 aromatic heterocycles. The molecule has 100 valence electrons. The second kappa shape index (κ2) is 6.80. The Morgan fingerprint density at radius 1 is 1.56 bits per heavy atom. The van der Waals surface area contributed by atoms with Crippen molar-refractivity contribution in [2.45, 2.75) is 20.0 Å². The monoisotopic (exact) mass is 253 g/mol. The Morgan fingerprint density at radius 2 is 2.28 bits per heavy atom. The number of methoxy groups -OCH3 is 1. The van der Waals surface area contributed by atoms with Gasteiger partial charge in [-0.2, -0.15) is 0 Å². The lowest BCUT2D eigenvalue weighted by molar-refractivity contribution is 0.0601. The van der Waals surface area contributed by atoms with Crippen molar-refractivity contribution in [1.82, 2.24) is 4.98 Å². The molecule has 0 spiro atoms. The van der Waals surface area contributed by atoms with Crippen LogP contribution in [0.4, 0.5) is 11.5 Å². The number of esters is 1. The number of pyridine rings is 1. The van der Waals surface area contributed by atoms with Gasteiger partial charge in [0, 0.05) is 6.54 Å². The van der Waals surface area contributed by atoms with Crippen LogP contribution < -0.4 is 11.1 Å². The fourth-order valence-corrected chi connectivity index (χ4v) is 1.37. The minimum absolute atomic E-state index is 0.177. The van der Waals surface area contributed by atoms with Crippen LogP contribution in [0.25, 0.3) is 0 Å². The number of nitrogens with one attached hydrogen (secondary N) is 1. The van der Waals surface area contributed by atoms with Gasteiger partial charge in [-0.3, -0.25) is 0 Å². The summed E-state index contributed by atoms with van der Waals surface area (Å²) in [5.41, 5.74) is 6.50. The van der Waals surface area contributed by atoms with E-state index in [-0.39, 0.29) is 11.9 Å². The summed E-state index contributed by atoms with van der Waals surface area (Å²) in [5, 5.41) is 3.07. The molecule has 0 saturated heterocycles. The van der Waals surface area contributed by atoms with E-state index in [0.717, 1.165) is 0 Å². The molecule has 0 aliphatic carbocycles. The van der Waals surface area contributed by atoms with Gasteiger partial charge < -0.3 is 20.5 Å². The van der Waals surface area contributed by atoms with Crippen molar-refractivity contribution in [3.05, 3.63) is 17.8 Å². The topological polar surface area (TPSA) is 86.5 Å². The summed E-state index contributed by atoms with van der Waals surface area (Å²) in [7, 11) is 1.32. The molecule has 0 aromatic carbocycles. The van der Waals surface area contributed by atoms with E-state index in [4.69, 9.17) is 10.5 Å². The summed E-state index contributed by atoms with van der Waals surface area (Å²) in [5.74, 6) is -0.171. The minimum Gasteiger partial charge on any atom is -0.465 e. The maximum absolute atomic E-state index is 11.6. The molecule has 0 amide bonds. The molecular formula is C12H19N3O3. The molecule has 6 heteroatoms. The van der Waals surface area contributed by atoms with E-state index >= 15 is 0 Å². The van der Waals surface area contributed by atoms with Gasteiger partial charge >= 0.3 is 5.97 Å². The van der Waals surface area contributed by atoms with E-state index in [2.05, 4.69) is 15.0 Å². The van der Waals surface area contributed by atoms with Gasteiger partial charge in [0.1, 0.15) is 5.82 Å². The van der Waals surface area contributed by atoms with Gasteiger partial charge in [0.2, 0.25) is 0 Å². The number of hydrogen-bond donors (Lipinski definition) is 2. The molecule has 0 aliphatic heterocycles. The highest BCUT2D eigenvalue weighted by Gasteiger charge is 2.12. The average molecular weight is 253 g/mol. The maximum Gasteiger partial charge on any atom is 0.340 e. The summed E-state index contributed by atoms with van der Waals surface area (Å²) in [6.07, 6.45) is 1.69. The summed E-state index contributed by atoms with van der Waals surface area (Å²) in [4.78, 5) is 15.5. The first-order valence-corrected chi connectivity index (χ1v) is 5.74. The summed E-state index contributed by atoms with van der Waals surface area (Å²) in [6.45, 7) is 5.05. The van der Waals surface area contributed by atoms with Gasteiger partial charge in [0.15, 0.2) is 0 Å². The van der Waals surface area contributed by atoms with Crippen LogP contribution in [0.5, 0.6) is 0 Å². The molecule has 0 saturated carbocycles. The first kappa shape index (κ1) is 14.2. The number of carbonyl (C=O) groups excluding carboxylic acids is 1. The highest BCUT2D eigenvalue weighted by molar-refractivity contribution is 5.96. The largest absolute Gasteiger partial charge is 0.465 e. The second-order valence-electron chi connectivity index (χ2n) is 3.99. The number of hydrogen-bond acceptors (Lipinski definition) is 6. The van der Waals surface area contributed by atoms with E-state index in [1.807, 2.05) is 13.8 Å². The van der Waals surface area contributed by atoms with E-state index < -0.39 is 5.97 Å². The molecule has 0 bridgehead atoms. The molecule has 0 aliphatic rings. The lowest BCUT2D eigenvalue weighted by atomic mass is 10.2. The first-order chi connectivity index (χ1) is 8.54. The molecule has 0 atom stereocenters. The summed E-state index contributed by atoms with van der Waals surface area (Å²) < 4.78 is 10.1. The quantitative estimate of drug-likeness (QED) is 0.587. The fourth-order valence-electron chi connectivity index (χ4n) is 1.37. The minimum atomic E-state index is -0.448. The van der Waals surface area contributed by atoms with Crippen LogP contribution in [-0.2, 0) is 9.47 Å². The molecule has 1 aromatic rings. The van der Waals surface area contributed by atoms with Crippen molar-refractivity contribution in [1.29, 1.82) is 0 Å². The number of aromatic nitrogens is 1. The van der Waals surface area contributed by atoms with Crippen LogP contribution in [0.2, 0.25) is 0 Å².